The van der Waals surface area contributed by atoms with E-state index in [1.54, 1.807) is 0 Å². The quantitative estimate of drug-likeness (QED) is 0.493. The summed E-state index contributed by atoms with van der Waals surface area (Å²) in [6.07, 6.45) is -0.333. The van der Waals surface area contributed by atoms with Crippen LogP contribution in [0.1, 0.15) is 0 Å². The fourth-order valence-electron chi connectivity index (χ4n) is 2.92. The van der Waals surface area contributed by atoms with Gasteiger partial charge in [-0.2, -0.15) is 0 Å². The second-order valence-corrected chi connectivity index (χ2v) is 5.32. The van der Waals surface area contributed by atoms with Gasteiger partial charge in [0.15, 0.2) is 6.10 Å². The van der Waals surface area contributed by atoms with Gasteiger partial charge in [-0.15, -0.1) is 0 Å². The van der Waals surface area contributed by atoms with Gasteiger partial charge >= 0.3 is 0 Å². The van der Waals surface area contributed by atoms with Crippen LogP contribution >= 0.6 is 0 Å². The third kappa shape index (κ3) is 2.73. The zero-order valence-electron chi connectivity index (χ0n) is 10.1. The maximum atomic E-state index is 9.70. The van der Waals surface area contributed by atoms with Crippen molar-refractivity contribution in [3.63, 3.8) is 0 Å². The maximum Gasteiger partial charge on any atom is 0.152 e. The third-order valence-corrected chi connectivity index (χ3v) is 3.89. The molecule has 2 saturated heterocycles. The maximum absolute atomic E-state index is 9.70. The molecule has 1 spiro atoms. The van der Waals surface area contributed by atoms with Crippen LogP contribution in [0.5, 0.6) is 0 Å². The van der Waals surface area contributed by atoms with Crippen molar-refractivity contribution in [2.75, 3.05) is 59.4 Å². The number of aliphatic hydroxyl groups is 2. The molecule has 0 aliphatic carbocycles. The fourth-order valence-corrected chi connectivity index (χ4v) is 2.92. The number of piperazine rings is 1. The Morgan fingerprint density at radius 2 is 2.00 bits per heavy atom. The molecule has 2 rings (SSSR count). The molecule has 0 radical (unpaired) electrons. The van der Waals surface area contributed by atoms with E-state index >= 15 is 0 Å². The largest absolute Gasteiger partial charge is 0.390 e. The number of β-amino-alcohol motifs (C(OH)–C–C–N with tert-alkyl or cyclic N) is 1. The van der Waals surface area contributed by atoms with Crippen LogP contribution in [0.4, 0.5) is 0 Å². The Morgan fingerprint density at radius 3 is 2.50 bits per heavy atom. The smallest absolute Gasteiger partial charge is 0.152 e. The van der Waals surface area contributed by atoms with E-state index < -0.39 is 0 Å². The number of hydrogen-bond acceptors (Lipinski definition) is 4. The molecule has 1 atom stereocenters. The molecule has 16 heavy (non-hydrogen) atoms. The second-order valence-electron chi connectivity index (χ2n) is 5.32. The molecule has 2 aliphatic heterocycles. The minimum atomic E-state index is -0.265. The Bertz CT molecular complexity index is 221. The van der Waals surface area contributed by atoms with Gasteiger partial charge in [0.1, 0.15) is 13.1 Å². The topological polar surface area (TPSA) is 55.7 Å². The van der Waals surface area contributed by atoms with Gasteiger partial charge in [0.25, 0.3) is 0 Å². The molecule has 2 heterocycles. The molecular formula is C11H24N3O2+. The summed E-state index contributed by atoms with van der Waals surface area (Å²) in [5.74, 6) is 0. The number of quaternary nitrogens is 1. The Labute approximate surface area is 97.2 Å². The fraction of sp³-hybridized carbons (Fsp3) is 1.00. The highest BCUT2D eigenvalue weighted by Gasteiger charge is 2.44. The Hall–Kier alpha value is -0.200. The van der Waals surface area contributed by atoms with Crippen LogP contribution in [-0.4, -0.2) is 91.2 Å². The van der Waals surface area contributed by atoms with Crippen molar-refractivity contribution in [1.82, 2.24) is 10.2 Å². The average Bonchev–Trinajstić information content (AvgIpc) is 2.20. The van der Waals surface area contributed by atoms with Gasteiger partial charge in [-0.05, 0) is 7.05 Å². The molecule has 5 nitrogen and oxygen atoms in total. The number of nitrogens with one attached hydrogen (secondary N) is 1. The number of nitrogens with zero attached hydrogens (tertiary/aromatic N) is 2. The molecule has 0 aromatic carbocycles. The van der Waals surface area contributed by atoms with E-state index in [2.05, 4.69) is 10.2 Å². The zero-order valence-corrected chi connectivity index (χ0v) is 10.1. The van der Waals surface area contributed by atoms with E-state index in [4.69, 9.17) is 0 Å². The molecule has 5 heteroatoms. The SMILES string of the molecule is CNCC(O)CN1CC[N+]2(CC1)CC(O)C2. The van der Waals surface area contributed by atoms with Gasteiger partial charge in [-0.25, -0.2) is 0 Å². The Morgan fingerprint density at radius 1 is 1.38 bits per heavy atom. The van der Waals surface area contributed by atoms with E-state index in [1.165, 1.54) is 0 Å². The predicted molar refractivity (Wildman–Crippen MR) is 62.1 cm³/mol. The minimum Gasteiger partial charge on any atom is -0.390 e. The number of aliphatic hydroxyl groups excluding tert-OH is 2. The van der Waals surface area contributed by atoms with Crippen molar-refractivity contribution in [3.05, 3.63) is 0 Å². The summed E-state index contributed by atoms with van der Waals surface area (Å²) >= 11 is 0. The van der Waals surface area contributed by atoms with E-state index in [-0.39, 0.29) is 12.2 Å². The highest BCUT2D eigenvalue weighted by Crippen LogP contribution is 2.23. The van der Waals surface area contributed by atoms with Crippen LogP contribution in [0, 0.1) is 0 Å². The first kappa shape index (κ1) is 12.3. The second kappa shape index (κ2) is 4.98. The first-order chi connectivity index (χ1) is 7.63. The van der Waals surface area contributed by atoms with E-state index in [9.17, 15) is 10.2 Å². The summed E-state index contributed by atoms with van der Waals surface area (Å²) in [7, 11) is 1.86. The molecular weight excluding hydrogens is 206 g/mol. The number of likely N-dealkylation sites (N-methyl/N-ethyl adjacent to an activating group) is 1. The number of rotatable bonds is 4. The lowest BCUT2D eigenvalue weighted by Gasteiger charge is -2.52. The summed E-state index contributed by atoms with van der Waals surface area (Å²) in [4.78, 5) is 2.33. The molecule has 2 fully saturated rings. The first-order valence-corrected chi connectivity index (χ1v) is 6.22. The van der Waals surface area contributed by atoms with Crippen LogP contribution in [0.15, 0.2) is 0 Å². The monoisotopic (exact) mass is 230 g/mol. The lowest BCUT2D eigenvalue weighted by atomic mass is 10.0. The van der Waals surface area contributed by atoms with E-state index in [0.717, 1.165) is 50.3 Å². The Balaban J connectivity index is 1.69. The summed E-state index contributed by atoms with van der Waals surface area (Å²) in [5.41, 5.74) is 0. The van der Waals surface area contributed by atoms with Crippen LogP contribution in [0.25, 0.3) is 0 Å². The van der Waals surface area contributed by atoms with Gasteiger partial charge in [0, 0.05) is 26.2 Å². The third-order valence-electron chi connectivity index (χ3n) is 3.89. The molecule has 0 saturated carbocycles. The van der Waals surface area contributed by atoms with Crippen LogP contribution in [0.2, 0.25) is 0 Å². The van der Waals surface area contributed by atoms with Crippen molar-refractivity contribution in [3.8, 4) is 0 Å². The van der Waals surface area contributed by atoms with Crippen molar-refractivity contribution in [2.24, 2.45) is 0 Å². The summed E-state index contributed by atoms with van der Waals surface area (Å²) in [5, 5.41) is 22.1. The van der Waals surface area contributed by atoms with Gasteiger partial charge in [-0.3, -0.25) is 4.90 Å². The van der Waals surface area contributed by atoms with Crippen molar-refractivity contribution < 1.29 is 14.7 Å². The van der Waals surface area contributed by atoms with Gasteiger partial charge in [-0.1, -0.05) is 0 Å². The van der Waals surface area contributed by atoms with Crippen molar-refractivity contribution >= 4 is 0 Å². The summed E-state index contributed by atoms with van der Waals surface area (Å²) in [6, 6.07) is 0. The highest BCUT2D eigenvalue weighted by atomic mass is 16.3. The van der Waals surface area contributed by atoms with Gasteiger partial charge in [0.2, 0.25) is 0 Å². The standard InChI is InChI=1S/C11H24N3O2/c1-12-6-10(15)7-13-2-4-14(5-3-13)8-11(16)9-14/h10-12,15-16H,2-9H2,1H3/q+1. The lowest BCUT2D eigenvalue weighted by molar-refractivity contribution is -0.975. The molecule has 2 aliphatic rings. The molecule has 0 bridgehead atoms. The van der Waals surface area contributed by atoms with Crippen LogP contribution in [0.3, 0.4) is 0 Å². The minimum absolute atomic E-state index is 0.0681. The molecule has 3 N–H and O–H groups in total. The molecule has 94 valence electrons. The molecule has 0 amide bonds. The zero-order chi connectivity index (χ0) is 11.6. The van der Waals surface area contributed by atoms with Crippen molar-refractivity contribution in [1.29, 1.82) is 0 Å². The lowest BCUT2D eigenvalue weighted by Crippen LogP contribution is -2.72. The number of hydrogen-bond donors (Lipinski definition) is 3. The van der Waals surface area contributed by atoms with Crippen molar-refractivity contribution in [2.45, 2.75) is 12.2 Å². The normalized spacial score (nSPS) is 27.9. The average molecular weight is 230 g/mol. The van der Waals surface area contributed by atoms with E-state index in [0.29, 0.717) is 6.54 Å². The molecule has 0 aromatic rings. The van der Waals surface area contributed by atoms with E-state index in [1.807, 2.05) is 7.05 Å². The van der Waals surface area contributed by atoms with Gasteiger partial charge in [0.05, 0.1) is 19.2 Å². The van der Waals surface area contributed by atoms with Crippen LogP contribution < -0.4 is 5.32 Å². The first-order valence-electron chi connectivity index (χ1n) is 6.22. The van der Waals surface area contributed by atoms with Crippen LogP contribution in [-0.2, 0) is 0 Å². The predicted octanol–water partition coefficient (Wildman–Crippen LogP) is -1.93. The molecule has 1 unspecified atom stereocenters. The Kier molecular flexibility index (Phi) is 3.81. The molecule has 0 aromatic heterocycles. The van der Waals surface area contributed by atoms with Gasteiger partial charge < -0.3 is 20.0 Å². The summed E-state index contributed by atoms with van der Waals surface area (Å²) in [6.45, 7) is 7.66. The highest BCUT2D eigenvalue weighted by molar-refractivity contribution is 4.75. The summed E-state index contributed by atoms with van der Waals surface area (Å²) < 4.78 is 1.10.